The van der Waals surface area contributed by atoms with Gasteiger partial charge in [0.25, 0.3) is 0 Å². The number of ether oxygens (including phenoxy) is 2. The zero-order chi connectivity index (χ0) is 14.8. The van der Waals surface area contributed by atoms with E-state index in [0.717, 1.165) is 29.4 Å². The van der Waals surface area contributed by atoms with Crippen LogP contribution in [0.4, 0.5) is 0 Å². The van der Waals surface area contributed by atoms with Gasteiger partial charge in [-0.1, -0.05) is 18.2 Å². The number of hydrogen-bond acceptors (Lipinski definition) is 3. The molecule has 0 unspecified atom stereocenters. The van der Waals surface area contributed by atoms with Crippen LogP contribution in [0.1, 0.15) is 11.1 Å². The molecule has 0 spiro atoms. The first-order valence-electron chi connectivity index (χ1n) is 6.81. The molecule has 0 aliphatic heterocycles. The van der Waals surface area contributed by atoms with Crippen molar-refractivity contribution in [2.45, 2.75) is 13.8 Å². The quantitative estimate of drug-likeness (QED) is 0.451. The van der Waals surface area contributed by atoms with Crippen molar-refractivity contribution in [3.63, 3.8) is 0 Å². The first-order chi connectivity index (χ1) is 9.69. The van der Waals surface area contributed by atoms with Crippen LogP contribution in [-0.4, -0.2) is 46.4 Å². The summed E-state index contributed by atoms with van der Waals surface area (Å²) in [6.07, 6.45) is 0. The molecule has 0 amide bonds. The number of nitrogens with zero attached hydrogens (tertiary/aromatic N) is 1. The molecule has 0 saturated heterocycles. The van der Waals surface area contributed by atoms with Crippen LogP contribution in [0.2, 0.25) is 0 Å². The molecule has 0 radical (unpaired) electrons. The third-order valence-corrected chi connectivity index (χ3v) is 2.87. The van der Waals surface area contributed by atoms with Gasteiger partial charge in [-0.15, -0.1) is 0 Å². The van der Waals surface area contributed by atoms with Gasteiger partial charge in [0.2, 0.25) is 0 Å². The summed E-state index contributed by atoms with van der Waals surface area (Å²) in [4.78, 5) is 4.12. The minimum Gasteiger partial charge on any atom is -0.491 e. The molecule has 0 fully saturated rings. The van der Waals surface area contributed by atoms with Crippen molar-refractivity contribution in [3.05, 3.63) is 29.3 Å². The lowest BCUT2D eigenvalue weighted by Crippen LogP contribution is -2.40. The fourth-order valence-corrected chi connectivity index (χ4v) is 1.84. The Morgan fingerprint density at radius 2 is 1.70 bits per heavy atom. The molecule has 0 bridgehead atoms. The molecule has 1 aromatic rings. The SMILES string of the molecule is CN=C(NCCOC)NCCOc1c(C)cccc1C. The minimum atomic E-state index is 0.594. The third-order valence-electron chi connectivity index (χ3n) is 2.87. The monoisotopic (exact) mass is 279 g/mol. The predicted octanol–water partition coefficient (Wildman–Crippen LogP) is 1.49. The molecule has 0 heterocycles. The molecule has 112 valence electrons. The average Bonchev–Trinajstić information content (AvgIpc) is 2.44. The van der Waals surface area contributed by atoms with Crippen molar-refractivity contribution < 1.29 is 9.47 Å². The van der Waals surface area contributed by atoms with Gasteiger partial charge >= 0.3 is 0 Å². The van der Waals surface area contributed by atoms with E-state index in [0.29, 0.717) is 19.8 Å². The summed E-state index contributed by atoms with van der Waals surface area (Å²) in [7, 11) is 3.42. The van der Waals surface area contributed by atoms with E-state index in [-0.39, 0.29) is 0 Å². The summed E-state index contributed by atoms with van der Waals surface area (Å²) in [5, 5.41) is 6.35. The second kappa shape index (κ2) is 9.20. The van der Waals surface area contributed by atoms with Crippen molar-refractivity contribution in [2.75, 3.05) is 40.5 Å². The first kappa shape index (κ1) is 16.3. The van der Waals surface area contributed by atoms with Gasteiger partial charge in [-0.25, -0.2) is 0 Å². The number of methoxy groups -OCH3 is 1. The summed E-state index contributed by atoms with van der Waals surface area (Å²) < 4.78 is 10.8. The van der Waals surface area contributed by atoms with E-state index in [1.807, 2.05) is 6.07 Å². The van der Waals surface area contributed by atoms with Crippen LogP contribution in [0.3, 0.4) is 0 Å². The van der Waals surface area contributed by atoms with E-state index < -0.39 is 0 Å². The van der Waals surface area contributed by atoms with Crippen LogP contribution in [-0.2, 0) is 4.74 Å². The molecule has 1 rings (SSSR count). The minimum absolute atomic E-state index is 0.594. The van der Waals surface area contributed by atoms with Crippen LogP contribution in [0, 0.1) is 13.8 Å². The van der Waals surface area contributed by atoms with Gasteiger partial charge < -0.3 is 20.1 Å². The van der Waals surface area contributed by atoms with Crippen molar-refractivity contribution in [1.82, 2.24) is 10.6 Å². The maximum atomic E-state index is 5.82. The zero-order valence-electron chi connectivity index (χ0n) is 12.8. The smallest absolute Gasteiger partial charge is 0.191 e. The van der Waals surface area contributed by atoms with Gasteiger partial charge in [-0.05, 0) is 25.0 Å². The summed E-state index contributed by atoms with van der Waals surface area (Å²) in [6, 6.07) is 6.15. The zero-order valence-corrected chi connectivity index (χ0v) is 12.8. The fourth-order valence-electron chi connectivity index (χ4n) is 1.84. The Labute approximate surface area is 121 Å². The molecule has 0 aliphatic carbocycles. The van der Waals surface area contributed by atoms with Gasteiger partial charge in [-0.3, -0.25) is 4.99 Å². The Bertz CT molecular complexity index is 413. The van der Waals surface area contributed by atoms with Gasteiger partial charge in [0.1, 0.15) is 12.4 Å². The topological polar surface area (TPSA) is 54.9 Å². The van der Waals surface area contributed by atoms with Crippen LogP contribution < -0.4 is 15.4 Å². The van der Waals surface area contributed by atoms with E-state index in [9.17, 15) is 0 Å². The number of para-hydroxylation sites is 1. The number of hydrogen-bond donors (Lipinski definition) is 2. The summed E-state index contributed by atoms with van der Waals surface area (Å²) in [6.45, 7) is 6.78. The number of aryl methyl sites for hydroxylation is 2. The number of rotatable bonds is 7. The Kier molecular flexibility index (Phi) is 7.50. The number of guanidine groups is 1. The van der Waals surface area contributed by atoms with Crippen molar-refractivity contribution in [3.8, 4) is 5.75 Å². The van der Waals surface area contributed by atoms with Gasteiger partial charge in [0, 0.05) is 20.7 Å². The molecular weight excluding hydrogens is 254 g/mol. The Morgan fingerprint density at radius 1 is 1.10 bits per heavy atom. The molecular formula is C15H25N3O2. The lowest BCUT2D eigenvalue weighted by Gasteiger charge is -2.14. The number of nitrogens with one attached hydrogen (secondary N) is 2. The molecule has 0 aliphatic rings. The van der Waals surface area contributed by atoms with E-state index in [2.05, 4.69) is 41.6 Å². The third kappa shape index (κ3) is 5.48. The van der Waals surface area contributed by atoms with Gasteiger partial charge in [-0.2, -0.15) is 0 Å². The highest BCUT2D eigenvalue weighted by Gasteiger charge is 2.03. The van der Waals surface area contributed by atoms with Crippen LogP contribution in [0.25, 0.3) is 0 Å². The van der Waals surface area contributed by atoms with Gasteiger partial charge in [0.15, 0.2) is 5.96 Å². The second-order valence-corrected chi connectivity index (χ2v) is 4.49. The lowest BCUT2D eigenvalue weighted by atomic mass is 10.1. The molecule has 2 N–H and O–H groups in total. The van der Waals surface area contributed by atoms with Crippen molar-refractivity contribution in [1.29, 1.82) is 0 Å². The average molecular weight is 279 g/mol. The number of aliphatic imine (C=N–C) groups is 1. The highest BCUT2D eigenvalue weighted by molar-refractivity contribution is 5.79. The van der Waals surface area contributed by atoms with Crippen LogP contribution >= 0.6 is 0 Å². The van der Waals surface area contributed by atoms with Crippen LogP contribution in [0.5, 0.6) is 5.75 Å². The van der Waals surface area contributed by atoms with Gasteiger partial charge in [0.05, 0.1) is 13.2 Å². The van der Waals surface area contributed by atoms with E-state index in [1.54, 1.807) is 14.2 Å². The van der Waals surface area contributed by atoms with Crippen molar-refractivity contribution in [2.24, 2.45) is 4.99 Å². The molecule has 5 heteroatoms. The van der Waals surface area contributed by atoms with E-state index >= 15 is 0 Å². The molecule has 0 atom stereocenters. The molecule has 5 nitrogen and oxygen atoms in total. The maximum Gasteiger partial charge on any atom is 0.191 e. The normalized spacial score (nSPS) is 11.3. The summed E-state index contributed by atoms with van der Waals surface area (Å²) in [5.41, 5.74) is 2.32. The maximum absolute atomic E-state index is 5.82. The summed E-state index contributed by atoms with van der Waals surface area (Å²) in [5.74, 6) is 1.73. The standard InChI is InChI=1S/C15H25N3O2/c1-12-6-5-7-13(2)14(12)20-11-9-18-15(16-3)17-8-10-19-4/h5-7H,8-11H2,1-4H3,(H2,16,17,18). The fraction of sp³-hybridized carbons (Fsp3) is 0.533. The molecule has 20 heavy (non-hydrogen) atoms. The molecule has 0 saturated carbocycles. The Hall–Kier alpha value is -1.75. The predicted molar refractivity (Wildman–Crippen MR) is 82.7 cm³/mol. The largest absolute Gasteiger partial charge is 0.491 e. The highest BCUT2D eigenvalue weighted by Crippen LogP contribution is 2.21. The Morgan fingerprint density at radius 3 is 2.25 bits per heavy atom. The second-order valence-electron chi connectivity index (χ2n) is 4.49. The Balaban J connectivity index is 2.30. The van der Waals surface area contributed by atoms with Crippen molar-refractivity contribution >= 4 is 5.96 Å². The number of benzene rings is 1. The summed E-state index contributed by atoms with van der Waals surface area (Å²) >= 11 is 0. The molecule has 0 aromatic heterocycles. The van der Waals surface area contributed by atoms with Crippen LogP contribution in [0.15, 0.2) is 23.2 Å². The van der Waals surface area contributed by atoms with E-state index in [4.69, 9.17) is 9.47 Å². The first-order valence-corrected chi connectivity index (χ1v) is 6.81. The highest BCUT2D eigenvalue weighted by atomic mass is 16.5. The lowest BCUT2D eigenvalue weighted by molar-refractivity contribution is 0.203. The molecule has 1 aromatic carbocycles. The van der Waals surface area contributed by atoms with E-state index in [1.165, 1.54) is 0 Å².